The lowest BCUT2D eigenvalue weighted by Crippen LogP contribution is -2.30. The summed E-state index contributed by atoms with van der Waals surface area (Å²) in [7, 11) is 1.48. The van der Waals surface area contributed by atoms with Gasteiger partial charge >= 0.3 is 0 Å². The maximum absolute atomic E-state index is 13.6. The molecule has 0 saturated heterocycles. The molecule has 3 N–H and O–H groups in total. The van der Waals surface area contributed by atoms with Crippen LogP contribution in [-0.4, -0.2) is 30.4 Å². The number of halogens is 2. The fourth-order valence-electron chi connectivity index (χ4n) is 4.15. The molecule has 2 amide bonds. The van der Waals surface area contributed by atoms with Crippen LogP contribution >= 0.6 is 23.2 Å². The summed E-state index contributed by atoms with van der Waals surface area (Å²) in [6.07, 6.45) is 1.50. The van der Waals surface area contributed by atoms with Crippen molar-refractivity contribution in [3.63, 3.8) is 0 Å². The molecule has 0 heterocycles. The monoisotopic (exact) mass is 584 g/mol. The lowest BCUT2D eigenvalue weighted by molar-refractivity contribution is -0.116. The fourth-order valence-corrected chi connectivity index (χ4v) is 4.49. The van der Waals surface area contributed by atoms with Crippen molar-refractivity contribution in [3.8, 4) is 5.75 Å². The van der Waals surface area contributed by atoms with E-state index in [2.05, 4.69) is 21.2 Å². The molecular formula is C31H22Cl2N4O4. The number of rotatable bonds is 7. The highest BCUT2D eigenvalue weighted by molar-refractivity contribution is 6.59. The number of hydrogen-bond acceptors (Lipinski definition) is 6. The van der Waals surface area contributed by atoms with Crippen molar-refractivity contribution in [2.45, 2.75) is 0 Å². The lowest BCUT2D eigenvalue weighted by atomic mass is 9.89. The van der Waals surface area contributed by atoms with Crippen molar-refractivity contribution in [2.24, 2.45) is 5.10 Å². The van der Waals surface area contributed by atoms with Crippen molar-refractivity contribution in [1.29, 1.82) is 0 Å². The number of carbonyl (C=O) groups is 3. The molecule has 8 nitrogen and oxygen atoms in total. The molecular weight excluding hydrogens is 563 g/mol. The Morgan fingerprint density at radius 1 is 0.805 bits per heavy atom. The summed E-state index contributed by atoms with van der Waals surface area (Å²) in [6.45, 7) is 0. The first-order valence-corrected chi connectivity index (χ1v) is 13.1. The Morgan fingerprint density at radius 3 is 2.34 bits per heavy atom. The van der Waals surface area contributed by atoms with Crippen LogP contribution in [0.1, 0.15) is 21.5 Å². The highest BCUT2D eigenvalue weighted by atomic mass is 35.5. The average Bonchev–Trinajstić information content (AvgIpc) is 2.98. The normalized spacial score (nSPS) is 13.2. The highest BCUT2D eigenvalue weighted by Crippen LogP contribution is 2.30. The minimum absolute atomic E-state index is 0.00614. The third-order valence-electron chi connectivity index (χ3n) is 6.18. The number of benzene rings is 4. The van der Waals surface area contributed by atoms with Gasteiger partial charge in [-0.05, 0) is 60.2 Å². The van der Waals surface area contributed by atoms with Crippen LogP contribution in [0, 0.1) is 0 Å². The van der Waals surface area contributed by atoms with E-state index in [0.717, 1.165) is 0 Å². The van der Waals surface area contributed by atoms with Gasteiger partial charge in [-0.15, -0.1) is 0 Å². The molecule has 1 aliphatic carbocycles. The molecule has 0 spiro atoms. The molecule has 0 saturated carbocycles. The summed E-state index contributed by atoms with van der Waals surface area (Å²) in [5.74, 6) is -1.22. The van der Waals surface area contributed by atoms with Crippen molar-refractivity contribution < 1.29 is 19.1 Å². The van der Waals surface area contributed by atoms with Crippen LogP contribution in [0.3, 0.4) is 0 Å². The molecule has 0 aliphatic heterocycles. The number of nitrogens with one attached hydrogen (secondary N) is 3. The zero-order valence-electron chi connectivity index (χ0n) is 21.6. The van der Waals surface area contributed by atoms with Gasteiger partial charge in [0.25, 0.3) is 11.8 Å². The number of amides is 2. The third-order valence-corrected chi connectivity index (χ3v) is 6.74. The Balaban J connectivity index is 1.45. The van der Waals surface area contributed by atoms with Gasteiger partial charge in [-0.25, -0.2) is 0 Å². The molecule has 0 radical (unpaired) electrons. The number of anilines is 3. The van der Waals surface area contributed by atoms with Gasteiger partial charge in [-0.3, -0.25) is 19.8 Å². The predicted octanol–water partition coefficient (Wildman–Crippen LogP) is 6.68. The average molecular weight is 585 g/mol. The van der Waals surface area contributed by atoms with E-state index in [1.54, 1.807) is 66.7 Å². The number of para-hydroxylation sites is 1. The van der Waals surface area contributed by atoms with E-state index in [1.807, 2.05) is 18.2 Å². The first-order valence-electron chi connectivity index (χ1n) is 12.3. The molecule has 0 atom stereocenters. The van der Waals surface area contributed by atoms with Crippen LogP contribution in [-0.2, 0) is 9.59 Å². The van der Waals surface area contributed by atoms with Gasteiger partial charge in [0.1, 0.15) is 11.5 Å². The minimum Gasteiger partial charge on any atom is -0.495 e. The topological polar surface area (TPSA) is 109 Å². The van der Waals surface area contributed by atoms with Gasteiger partial charge in [0.05, 0.1) is 29.1 Å². The van der Waals surface area contributed by atoms with Crippen molar-refractivity contribution in [1.82, 2.24) is 0 Å². The van der Waals surface area contributed by atoms with Crippen LogP contribution < -0.4 is 20.8 Å². The van der Waals surface area contributed by atoms with Crippen LogP contribution in [0.2, 0.25) is 10.0 Å². The van der Waals surface area contributed by atoms with Crippen molar-refractivity contribution >= 4 is 69.6 Å². The summed E-state index contributed by atoms with van der Waals surface area (Å²) in [4.78, 5) is 39.6. The second-order valence-corrected chi connectivity index (χ2v) is 9.70. The molecule has 41 heavy (non-hydrogen) atoms. The van der Waals surface area contributed by atoms with E-state index < -0.39 is 11.7 Å². The SMILES string of the molecule is COc1ccc(C(=O)Nc2ccccc2)cc1N/N=C1\C(=O)C(C(=O)Nc2cc(Cl)ccc2Cl)=Cc2ccccc21. The third kappa shape index (κ3) is 6.14. The first-order chi connectivity index (χ1) is 19.8. The van der Waals surface area contributed by atoms with E-state index >= 15 is 0 Å². The minimum atomic E-state index is -0.668. The predicted molar refractivity (Wildman–Crippen MR) is 162 cm³/mol. The van der Waals surface area contributed by atoms with E-state index in [9.17, 15) is 14.4 Å². The highest BCUT2D eigenvalue weighted by Gasteiger charge is 2.30. The zero-order valence-corrected chi connectivity index (χ0v) is 23.1. The van der Waals surface area contributed by atoms with Crippen LogP contribution in [0.15, 0.2) is 102 Å². The second kappa shape index (κ2) is 12.1. The number of ether oxygens (including phenoxy) is 1. The van der Waals surface area contributed by atoms with Crippen molar-refractivity contribution in [3.05, 3.63) is 123 Å². The Hall–Kier alpha value is -4.92. The largest absolute Gasteiger partial charge is 0.495 e. The quantitative estimate of drug-likeness (QED) is 0.166. The summed E-state index contributed by atoms with van der Waals surface area (Å²) < 4.78 is 5.43. The molecule has 4 aromatic carbocycles. The summed E-state index contributed by atoms with van der Waals surface area (Å²) in [5, 5.41) is 10.5. The summed E-state index contributed by atoms with van der Waals surface area (Å²) in [6, 6.07) is 25.5. The zero-order chi connectivity index (χ0) is 28.9. The fraction of sp³-hybridized carbons (Fsp3) is 0.0323. The second-order valence-electron chi connectivity index (χ2n) is 8.86. The van der Waals surface area contributed by atoms with E-state index in [4.69, 9.17) is 27.9 Å². The van der Waals surface area contributed by atoms with Gasteiger partial charge in [-0.2, -0.15) is 5.10 Å². The van der Waals surface area contributed by atoms with Gasteiger partial charge in [0.15, 0.2) is 0 Å². The first kappa shape index (κ1) is 27.6. The number of ketones is 1. The van der Waals surface area contributed by atoms with Gasteiger partial charge in [0, 0.05) is 21.8 Å². The standard InChI is InChI=1S/C31H22Cl2N4O4/c1-41-27-14-11-19(30(39)34-21-8-3-2-4-9-21)16-26(27)36-37-28-22-10-6-5-7-18(22)15-23(29(28)38)31(40)35-25-17-20(32)12-13-24(25)33/h2-17,36H,1H3,(H,34,39)(H,35,40)/b37-28-. The Morgan fingerprint density at radius 2 is 1.56 bits per heavy atom. The smallest absolute Gasteiger partial charge is 0.259 e. The molecule has 5 rings (SSSR count). The number of hydrazone groups is 1. The lowest BCUT2D eigenvalue weighted by Gasteiger charge is -2.18. The molecule has 1 aliphatic rings. The van der Waals surface area contributed by atoms with Gasteiger partial charge in [0.2, 0.25) is 5.78 Å². The van der Waals surface area contributed by atoms with Crippen LogP contribution in [0.25, 0.3) is 6.08 Å². The number of fused-ring (bicyclic) bond motifs is 1. The van der Waals surface area contributed by atoms with E-state index in [1.165, 1.54) is 19.3 Å². The summed E-state index contributed by atoms with van der Waals surface area (Å²) >= 11 is 12.2. The van der Waals surface area contributed by atoms with Crippen LogP contribution in [0.4, 0.5) is 17.1 Å². The Bertz CT molecular complexity index is 1740. The number of carbonyl (C=O) groups excluding carboxylic acids is 3. The maximum atomic E-state index is 13.6. The van der Waals surface area contributed by atoms with Crippen molar-refractivity contribution in [2.75, 3.05) is 23.2 Å². The number of methoxy groups -OCH3 is 1. The molecule has 0 fully saturated rings. The molecule has 10 heteroatoms. The van der Waals surface area contributed by atoms with Gasteiger partial charge < -0.3 is 15.4 Å². The molecule has 0 aromatic heterocycles. The molecule has 0 unspecified atom stereocenters. The molecule has 204 valence electrons. The molecule has 0 bridgehead atoms. The van der Waals surface area contributed by atoms with E-state index in [-0.39, 0.29) is 27.9 Å². The number of nitrogens with zero attached hydrogens (tertiary/aromatic N) is 1. The molecule has 4 aromatic rings. The van der Waals surface area contributed by atoms with Gasteiger partial charge in [-0.1, -0.05) is 65.7 Å². The number of Topliss-reactive ketones (excluding diaryl/α,β-unsaturated/α-hetero) is 1. The Labute approximate surface area is 245 Å². The van der Waals surface area contributed by atoms with Crippen LogP contribution in [0.5, 0.6) is 5.75 Å². The number of hydrogen-bond donors (Lipinski definition) is 3. The van der Waals surface area contributed by atoms with E-state index in [0.29, 0.717) is 38.8 Å². The Kier molecular flexibility index (Phi) is 8.14. The maximum Gasteiger partial charge on any atom is 0.259 e. The summed E-state index contributed by atoms with van der Waals surface area (Å²) in [5.41, 5.74) is 5.47.